The molecule has 4 nitrogen and oxygen atoms in total. The molecule has 3 aromatic rings. The molecule has 0 N–H and O–H groups in total. The fourth-order valence-electron chi connectivity index (χ4n) is 2.63. The van der Waals surface area contributed by atoms with E-state index in [2.05, 4.69) is 29.4 Å². The zero-order valence-electron chi connectivity index (χ0n) is 14.1. The quantitative estimate of drug-likeness (QED) is 0.554. The number of aromatic nitrogens is 3. The largest absolute Gasteiger partial charge is 0.494 e. The maximum atomic E-state index is 5.79. The molecule has 0 fully saturated rings. The molecule has 0 atom stereocenters. The first-order valence-corrected chi connectivity index (χ1v) is 8.58. The van der Waals surface area contributed by atoms with Crippen molar-refractivity contribution in [2.75, 3.05) is 6.61 Å². The van der Waals surface area contributed by atoms with Gasteiger partial charge in [-0.3, -0.25) is 0 Å². The molecular weight excluding hydrogens is 298 g/mol. The molecule has 24 heavy (non-hydrogen) atoms. The van der Waals surface area contributed by atoms with E-state index in [4.69, 9.17) is 4.74 Å². The molecule has 124 valence electrons. The molecule has 0 spiro atoms. The van der Waals surface area contributed by atoms with E-state index in [0.717, 1.165) is 35.7 Å². The Morgan fingerprint density at radius 2 is 1.71 bits per heavy atom. The van der Waals surface area contributed by atoms with Gasteiger partial charge in [0.2, 0.25) is 0 Å². The molecule has 0 bridgehead atoms. The Balaban J connectivity index is 1.67. The summed E-state index contributed by atoms with van der Waals surface area (Å²) in [5.41, 5.74) is 3.05. The third-order valence-electron chi connectivity index (χ3n) is 3.97. The summed E-state index contributed by atoms with van der Waals surface area (Å²) in [7, 11) is 0. The molecule has 0 aliphatic rings. The van der Waals surface area contributed by atoms with Crippen molar-refractivity contribution in [1.29, 1.82) is 0 Å². The second-order valence-electron chi connectivity index (χ2n) is 5.80. The lowest BCUT2D eigenvalue weighted by Crippen LogP contribution is -2.00. The Morgan fingerprint density at radius 1 is 0.917 bits per heavy atom. The second kappa shape index (κ2) is 8.29. The molecule has 1 aromatic heterocycles. The van der Waals surface area contributed by atoms with Gasteiger partial charge in [-0.1, -0.05) is 61.7 Å². The van der Waals surface area contributed by atoms with Crippen molar-refractivity contribution in [1.82, 2.24) is 15.0 Å². The molecule has 0 aliphatic heterocycles. The highest BCUT2D eigenvalue weighted by molar-refractivity contribution is 5.60. The average molecular weight is 321 g/mol. The number of ether oxygens (including phenoxy) is 1. The fraction of sp³-hybridized carbons (Fsp3) is 0.300. The molecule has 0 amide bonds. The van der Waals surface area contributed by atoms with Crippen LogP contribution < -0.4 is 4.74 Å². The first-order chi connectivity index (χ1) is 11.9. The molecule has 4 heteroatoms. The van der Waals surface area contributed by atoms with Gasteiger partial charge >= 0.3 is 0 Å². The van der Waals surface area contributed by atoms with Crippen LogP contribution in [0.1, 0.15) is 32.6 Å². The van der Waals surface area contributed by atoms with Crippen molar-refractivity contribution < 1.29 is 4.74 Å². The number of hydrogen-bond donors (Lipinski definition) is 0. The maximum absolute atomic E-state index is 5.79. The minimum atomic E-state index is 0.776. The Morgan fingerprint density at radius 3 is 2.46 bits per heavy atom. The summed E-state index contributed by atoms with van der Waals surface area (Å²) in [5, 5.41) is 8.27. The predicted molar refractivity (Wildman–Crippen MR) is 96.4 cm³/mol. The van der Waals surface area contributed by atoms with Gasteiger partial charge in [-0.05, 0) is 30.7 Å². The first kappa shape index (κ1) is 16.2. The van der Waals surface area contributed by atoms with Crippen LogP contribution in [0.15, 0.2) is 60.8 Å². The van der Waals surface area contributed by atoms with Crippen LogP contribution in [-0.4, -0.2) is 21.6 Å². The van der Waals surface area contributed by atoms with Gasteiger partial charge in [0.1, 0.15) is 5.75 Å². The van der Waals surface area contributed by atoms with Gasteiger partial charge in [-0.15, -0.1) is 5.10 Å². The molecule has 0 saturated heterocycles. The van der Waals surface area contributed by atoms with Crippen LogP contribution in [0, 0.1) is 0 Å². The fourth-order valence-corrected chi connectivity index (χ4v) is 2.63. The van der Waals surface area contributed by atoms with E-state index in [9.17, 15) is 0 Å². The van der Waals surface area contributed by atoms with Crippen LogP contribution in [0.2, 0.25) is 0 Å². The highest BCUT2D eigenvalue weighted by Crippen LogP contribution is 2.22. The number of hydrogen-bond acceptors (Lipinski definition) is 3. The number of unbranched alkanes of at least 4 members (excludes halogenated alkanes) is 3. The van der Waals surface area contributed by atoms with Gasteiger partial charge in [0.05, 0.1) is 24.2 Å². The van der Waals surface area contributed by atoms with E-state index in [1.165, 1.54) is 19.3 Å². The molecule has 3 rings (SSSR count). The lowest BCUT2D eigenvalue weighted by atomic mass is 10.1. The summed E-state index contributed by atoms with van der Waals surface area (Å²) >= 11 is 0. The third-order valence-corrected chi connectivity index (χ3v) is 3.97. The van der Waals surface area contributed by atoms with Gasteiger partial charge in [0, 0.05) is 5.56 Å². The monoisotopic (exact) mass is 321 g/mol. The molecule has 1 heterocycles. The molecular formula is C20H23N3O. The van der Waals surface area contributed by atoms with Crippen molar-refractivity contribution in [3.05, 3.63) is 60.8 Å². The SMILES string of the molecule is CCCCCCOc1ccc(-n2nncc2-c2ccccc2)cc1. The van der Waals surface area contributed by atoms with Crippen molar-refractivity contribution in [3.63, 3.8) is 0 Å². The van der Waals surface area contributed by atoms with Crippen molar-refractivity contribution in [2.24, 2.45) is 0 Å². The van der Waals surface area contributed by atoms with E-state index in [0.29, 0.717) is 0 Å². The number of nitrogens with zero attached hydrogens (tertiary/aromatic N) is 3. The van der Waals surface area contributed by atoms with E-state index in [1.807, 2.05) is 47.1 Å². The van der Waals surface area contributed by atoms with Gasteiger partial charge in [-0.25, -0.2) is 4.68 Å². The third kappa shape index (κ3) is 4.02. The Hall–Kier alpha value is -2.62. The smallest absolute Gasteiger partial charge is 0.119 e. The van der Waals surface area contributed by atoms with Crippen molar-refractivity contribution in [3.8, 4) is 22.7 Å². The van der Waals surface area contributed by atoms with Crippen LogP contribution in [0.25, 0.3) is 16.9 Å². The maximum Gasteiger partial charge on any atom is 0.119 e. The molecule has 2 aromatic carbocycles. The summed E-state index contributed by atoms with van der Waals surface area (Å²) in [6, 6.07) is 18.2. The van der Waals surface area contributed by atoms with Crippen LogP contribution in [0.4, 0.5) is 0 Å². The van der Waals surface area contributed by atoms with E-state index >= 15 is 0 Å². The lowest BCUT2D eigenvalue weighted by molar-refractivity contribution is 0.305. The van der Waals surface area contributed by atoms with Crippen LogP contribution >= 0.6 is 0 Å². The van der Waals surface area contributed by atoms with Crippen LogP contribution in [0.3, 0.4) is 0 Å². The van der Waals surface area contributed by atoms with Gasteiger partial charge in [0.15, 0.2) is 0 Å². The number of rotatable bonds is 8. The van der Waals surface area contributed by atoms with Crippen LogP contribution in [0.5, 0.6) is 5.75 Å². The van der Waals surface area contributed by atoms with E-state index in [1.54, 1.807) is 6.20 Å². The van der Waals surface area contributed by atoms with Gasteiger partial charge in [-0.2, -0.15) is 0 Å². The first-order valence-electron chi connectivity index (χ1n) is 8.58. The average Bonchev–Trinajstić information content (AvgIpc) is 3.13. The summed E-state index contributed by atoms with van der Waals surface area (Å²) in [6.45, 7) is 2.99. The molecule has 0 saturated carbocycles. The normalized spacial score (nSPS) is 10.7. The minimum Gasteiger partial charge on any atom is -0.494 e. The van der Waals surface area contributed by atoms with Crippen molar-refractivity contribution in [2.45, 2.75) is 32.6 Å². The van der Waals surface area contributed by atoms with E-state index < -0.39 is 0 Å². The molecule has 0 radical (unpaired) electrons. The van der Waals surface area contributed by atoms with Gasteiger partial charge in [0.25, 0.3) is 0 Å². The summed E-state index contributed by atoms with van der Waals surface area (Å²) in [5.74, 6) is 0.900. The lowest BCUT2D eigenvalue weighted by Gasteiger charge is -2.09. The van der Waals surface area contributed by atoms with Crippen LogP contribution in [-0.2, 0) is 0 Å². The molecule has 0 aliphatic carbocycles. The number of benzene rings is 2. The summed E-state index contributed by atoms with van der Waals surface area (Å²) < 4.78 is 7.64. The second-order valence-corrected chi connectivity index (χ2v) is 5.80. The summed E-state index contributed by atoms with van der Waals surface area (Å²) in [4.78, 5) is 0. The van der Waals surface area contributed by atoms with Crippen molar-refractivity contribution >= 4 is 0 Å². The minimum absolute atomic E-state index is 0.776. The molecule has 0 unspecified atom stereocenters. The topological polar surface area (TPSA) is 39.9 Å². The zero-order valence-corrected chi connectivity index (χ0v) is 14.1. The van der Waals surface area contributed by atoms with E-state index in [-0.39, 0.29) is 0 Å². The predicted octanol–water partition coefficient (Wildman–Crippen LogP) is 4.89. The zero-order chi connectivity index (χ0) is 16.6. The highest BCUT2D eigenvalue weighted by atomic mass is 16.5. The Labute approximate surface area is 143 Å². The standard InChI is InChI=1S/C20H23N3O/c1-2-3-4-8-15-24-19-13-11-18(12-14-19)23-20(16-21-22-23)17-9-6-5-7-10-17/h5-7,9-14,16H,2-4,8,15H2,1H3. The Kier molecular flexibility index (Phi) is 5.61. The Bertz CT molecular complexity index is 735. The van der Waals surface area contributed by atoms with Gasteiger partial charge < -0.3 is 4.74 Å². The summed E-state index contributed by atoms with van der Waals surface area (Å²) in [6.07, 6.45) is 6.64. The highest BCUT2D eigenvalue weighted by Gasteiger charge is 2.08.